The Bertz CT molecular complexity index is 776. The van der Waals surface area contributed by atoms with Crippen molar-refractivity contribution >= 4 is 17.5 Å². The van der Waals surface area contributed by atoms with Gasteiger partial charge in [-0.1, -0.05) is 6.07 Å². The molecule has 0 fully saturated rings. The Morgan fingerprint density at radius 1 is 1.08 bits per heavy atom. The van der Waals surface area contributed by atoms with Crippen LogP contribution in [0, 0.1) is 0 Å². The molecule has 0 aliphatic carbocycles. The molecule has 0 atom stereocenters. The van der Waals surface area contributed by atoms with Gasteiger partial charge in [0.15, 0.2) is 6.61 Å². The molecule has 2 amide bonds. The third-order valence-corrected chi connectivity index (χ3v) is 3.15. The third kappa shape index (κ3) is 5.49. The lowest BCUT2D eigenvalue weighted by atomic mass is 10.2. The average Bonchev–Trinajstić information content (AvgIpc) is 2.60. The first kappa shape index (κ1) is 19.3. The summed E-state index contributed by atoms with van der Waals surface area (Å²) in [7, 11) is 1.30. The van der Waals surface area contributed by atoms with Crippen molar-refractivity contribution in [3.05, 3.63) is 59.7 Å². The summed E-state index contributed by atoms with van der Waals surface area (Å²) in [4.78, 5) is 27.8. The molecule has 0 spiro atoms. The summed E-state index contributed by atoms with van der Waals surface area (Å²) in [5, 5.41) is 2.33. The maximum atomic E-state index is 12.6. The van der Waals surface area contributed by atoms with Crippen LogP contribution in [0.25, 0.3) is 0 Å². The fraction of sp³-hybridized carbons (Fsp3) is 0.176. The van der Waals surface area contributed by atoms with E-state index in [2.05, 4.69) is 15.6 Å². The molecule has 6 nitrogen and oxygen atoms in total. The Morgan fingerprint density at radius 3 is 2.38 bits per heavy atom. The fourth-order valence-electron chi connectivity index (χ4n) is 1.97. The first-order valence-electron chi connectivity index (χ1n) is 7.33. The number of ether oxygens (including phenoxy) is 1. The largest absolute Gasteiger partial charge is 0.484 e. The van der Waals surface area contributed by atoms with E-state index in [9.17, 15) is 22.8 Å². The first-order valence-corrected chi connectivity index (χ1v) is 7.33. The molecule has 0 aliphatic rings. The van der Waals surface area contributed by atoms with E-state index in [4.69, 9.17) is 4.74 Å². The highest BCUT2D eigenvalue weighted by atomic mass is 19.4. The van der Waals surface area contributed by atoms with Gasteiger partial charge in [-0.05, 0) is 42.5 Å². The van der Waals surface area contributed by atoms with Crippen molar-refractivity contribution < 1.29 is 32.3 Å². The van der Waals surface area contributed by atoms with E-state index in [1.807, 2.05) is 0 Å². The van der Waals surface area contributed by atoms with Crippen LogP contribution in [0.1, 0.15) is 15.9 Å². The van der Waals surface area contributed by atoms with Gasteiger partial charge in [0.1, 0.15) is 5.75 Å². The number of rotatable bonds is 6. The van der Waals surface area contributed by atoms with Crippen molar-refractivity contribution in [2.45, 2.75) is 6.18 Å². The maximum Gasteiger partial charge on any atom is 0.416 e. The highest BCUT2D eigenvalue weighted by molar-refractivity contribution is 5.93. The van der Waals surface area contributed by atoms with Crippen molar-refractivity contribution in [2.75, 3.05) is 19.0 Å². The minimum Gasteiger partial charge on any atom is -0.484 e. The number of benzene rings is 2. The van der Waals surface area contributed by atoms with E-state index >= 15 is 0 Å². The molecule has 2 N–H and O–H groups in total. The van der Waals surface area contributed by atoms with Gasteiger partial charge in [0.05, 0.1) is 12.7 Å². The summed E-state index contributed by atoms with van der Waals surface area (Å²) in [6.07, 6.45) is -4.49. The third-order valence-electron chi connectivity index (χ3n) is 3.15. The second kappa shape index (κ2) is 8.34. The minimum absolute atomic E-state index is 0.0139. The number of carbonyl (C=O) groups excluding carboxylic acids is 2. The van der Waals surface area contributed by atoms with Crippen molar-refractivity contribution in [1.82, 2.24) is 5.48 Å². The summed E-state index contributed by atoms with van der Waals surface area (Å²) in [6, 6.07) is 10.2. The lowest BCUT2D eigenvalue weighted by Crippen LogP contribution is -2.22. The molecule has 0 saturated carbocycles. The van der Waals surface area contributed by atoms with Crippen LogP contribution < -0.4 is 15.5 Å². The maximum absolute atomic E-state index is 12.6. The van der Waals surface area contributed by atoms with Gasteiger partial charge in [0.25, 0.3) is 11.8 Å². The summed E-state index contributed by atoms with van der Waals surface area (Å²) in [5.41, 5.74) is 1.63. The number of nitrogens with one attached hydrogen (secondary N) is 2. The van der Waals surface area contributed by atoms with Gasteiger partial charge in [0.2, 0.25) is 0 Å². The van der Waals surface area contributed by atoms with Crippen LogP contribution in [-0.2, 0) is 15.8 Å². The Morgan fingerprint density at radius 2 is 1.77 bits per heavy atom. The minimum atomic E-state index is -4.49. The standard InChI is InChI=1S/C17H15F3N2O4/c1-25-22-16(24)11-5-7-14(8-6-11)26-10-15(23)21-13-4-2-3-12(9-13)17(18,19)20/h2-9H,10H2,1H3,(H,21,23)(H,22,24). The first-order chi connectivity index (χ1) is 12.3. The lowest BCUT2D eigenvalue weighted by Gasteiger charge is -2.10. The smallest absolute Gasteiger partial charge is 0.416 e. The van der Waals surface area contributed by atoms with Gasteiger partial charge in [-0.15, -0.1) is 0 Å². The van der Waals surface area contributed by atoms with Crippen LogP contribution >= 0.6 is 0 Å². The molecular weight excluding hydrogens is 353 g/mol. The molecule has 0 aromatic heterocycles. The summed E-state index contributed by atoms with van der Waals surface area (Å²) >= 11 is 0. The zero-order valence-electron chi connectivity index (χ0n) is 13.6. The highest BCUT2D eigenvalue weighted by Gasteiger charge is 2.30. The van der Waals surface area contributed by atoms with Gasteiger partial charge in [-0.3, -0.25) is 14.4 Å². The zero-order chi connectivity index (χ0) is 19.2. The van der Waals surface area contributed by atoms with E-state index in [0.29, 0.717) is 11.3 Å². The predicted octanol–water partition coefficient (Wildman–Crippen LogP) is 3.01. The number of hydrogen-bond donors (Lipinski definition) is 2. The van der Waals surface area contributed by atoms with E-state index in [-0.39, 0.29) is 5.69 Å². The van der Waals surface area contributed by atoms with Crippen LogP contribution in [0.4, 0.5) is 18.9 Å². The molecule has 2 aromatic carbocycles. The van der Waals surface area contributed by atoms with Crippen LogP contribution in [0.5, 0.6) is 5.75 Å². The molecule has 2 aromatic rings. The molecule has 0 heterocycles. The van der Waals surface area contributed by atoms with E-state index in [0.717, 1.165) is 12.1 Å². The molecule has 9 heteroatoms. The van der Waals surface area contributed by atoms with E-state index in [1.165, 1.54) is 43.5 Å². The van der Waals surface area contributed by atoms with Gasteiger partial charge in [-0.2, -0.15) is 13.2 Å². The van der Waals surface area contributed by atoms with E-state index < -0.39 is 30.2 Å². The summed E-state index contributed by atoms with van der Waals surface area (Å²) < 4.78 is 43.2. The number of halogens is 3. The molecule has 2 rings (SSSR count). The molecule has 26 heavy (non-hydrogen) atoms. The molecular formula is C17H15F3N2O4. The fourth-order valence-corrected chi connectivity index (χ4v) is 1.97. The molecule has 138 valence electrons. The zero-order valence-corrected chi connectivity index (χ0v) is 13.6. The second-order valence-electron chi connectivity index (χ2n) is 5.08. The number of anilines is 1. The lowest BCUT2D eigenvalue weighted by molar-refractivity contribution is -0.137. The summed E-state index contributed by atoms with van der Waals surface area (Å²) in [5.74, 6) is -0.745. The van der Waals surface area contributed by atoms with Gasteiger partial charge < -0.3 is 10.1 Å². The number of alkyl halides is 3. The Kier molecular flexibility index (Phi) is 6.18. The van der Waals surface area contributed by atoms with Crippen molar-refractivity contribution in [1.29, 1.82) is 0 Å². The monoisotopic (exact) mass is 368 g/mol. The Hall–Kier alpha value is -3.07. The van der Waals surface area contributed by atoms with Gasteiger partial charge in [-0.25, -0.2) is 5.48 Å². The molecule has 0 aliphatic heterocycles. The molecule has 0 bridgehead atoms. The topological polar surface area (TPSA) is 76.7 Å². The van der Waals surface area contributed by atoms with Crippen molar-refractivity contribution in [2.24, 2.45) is 0 Å². The number of hydroxylamine groups is 1. The second-order valence-corrected chi connectivity index (χ2v) is 5.08. The van der Waals surface area contributed by atoms with Gasteiger partial charge in [0, 0.05) is 11.3 Å². The van der Waals surface area contributed by atoms with E-state index in [1.54, 1.807) is 0 Å². The molecule has 0 unspecified atom stereocenters. The Labute approximate surface area is 146 Å². The average molecular weight is 368 g/mol. The molecule has 0 saturated heterocycles. The van der Waals surface area contributed by atoms with Crippen LogP contribution in [0.15, 0.2) is 48.5 Å². The SMILES string of the molecule is CONC(=O)c1ccc(OCC(=O)Nc2cccc(C(F)(F)F)c2)cc1. The van der Waals surface area contributed by atoms with Crippen LogP contribution in [0.2, 0.25) is 0 Å². The quantitative estimate of drug-likeness (QED) is 0.769. The van der Waals surface area contributed by atoms with Crippen molar-refractivity contribution in [3.63, 3.8) is 0 Å². The van der Waals surface area contributed by atoms with Crippen molar-refractivity contribution in [3.8, 4) is 5.75 Å². The van der Waals surface area contributed by atoms with Gasteiger partial charge >= 0.3 is 6.18 Å². The van der Waals surface area contributed by atoms with Crippen LogP contribution in [0.3, 0.4) is 0 Å². The number of hydrogen-bond acceptors (Lipinski definition) is 4. The normalized spacial score (nSPS) is 10.9. The molecule has 0 radical (unpaired) electrons. The number of carbonyl (C=O) groups is 2. The Balaban J connectivity index is 1.90. The number of amides is 2. The predicted molar refractivity (Wildman–Crippen MR) is 86.5 cm³/mol. The highest BCUT2D eigenvalue weighted by Crippen LogP contribution is 2.30. The summed E-state index contributed by atoms with van der Waals surface area (Å²) in [6.45, 7) is -0.403. The van der Waals surface area contributed by atoms with Crippen LogP contribution in [-0.4, -0.2) is 25.5 Å².